The first-order valence-corrected chi connectivity index (χ1v) is 11.8. The number of hydrogen-bond acceptors (Lipinski definition) is 5. The number of carbonyl (C=O) groups is 1. The van der Waals surface area contributed by atoms with E-state index in [1.165, 1.54) is 12.1 Å². The molecule has 1 saturated heterocycles. The third-order valence-corrected chi connectivity index (χ3v) is 6.13. The van der Waals surface area contributed by atoms with Crippen molar-refractivity contribution in [2.75, 3.05) is 38.0 Å². The first-order chi connectivity index (χ1) is 17.1. The second kappa shape index (κ2) is 10.7. The van der Waals surface area contributed by atoms with Crippen molar-refractivity contribution in [1.82, 2.24) is 19.4 Å². The van der Waals surface area contributed by atoms with Gasteiger partial charge in [-0.15, -0.1) is 0 Å². The van der Waals surface area contributed by atoms with Crippen molar-refractivity contribution in [3.63, 3.8) is 0 Å². The molecule has 0 spiro atoms. The summed E-state index contributed by atoms with van der Waals surface area (Å²) in [5.74, 6) is 1.20. The highest BCUT2D eigenvalue weighted by Gasteiger charge is 2.21. The van der Waals surface area contributed by atoms with Crippen LogP contribution in [0.4, 0.5) is 10.1 Å². The lowest BCUT2D eigenvalue weighted by Crippen LogP contribution is -2.49. The summed E-state index contributed by atoms with van der Waals surface area (Å²) >= 11 is 0. The third-order valence-electron chi connectivity index (χ3n) is 6.13. The number of aromatic nitrogens is 2. The van der Waals surface area contributed by atoms with Crippen LogP contribution in [-0.4, -0.2) is 58.0 Å². The summed E-state index contributed by atoms with van der Waals surface area (Å²) in [7, 11) is 0. The van der Waals surface area contributed by atoms with Crippen molar-refractivity contribution in [3.8, 4) is 5.75 Å². The van der Waals surface area contributed by atoms with Crippen molar-refractivity contribution in [1.29, 1.82) is 0 Å². The van der Waals surface area contributed by atoms with Gasteiger partial charge >= 0.3 is 0 Å². The van der Waals surface area contributed by atoms with Gasteiger partial charge < -0.3 is 14.6 Å². The van der Waals surface area contributed by atoms with Gasteiger partial charge in [0.1, 0.15) is 24.0 Å². The highest BCUT2D eigenvalue weighted by molar-refractivity contribution is 5.92. The monoisotopic (exact) mass is 473 g/mol. The number of piperazine rings is 1. The zero-order valence-corrected chi connectivity index (χ0v) is 19.4. The van der Waals surface area contributed by atoms with Crippen LogP contribution < -0.4 is 10.1 Å². The fourth-order valence-electron chi connectivity index (χ4n) is 4.32. The summed E-state index contributed by atoms with van der Waals surface area (Å²) < 4.78 is 21.6. The second-order valence-electron chi connectivity index (χ2n) is 8.64. The van der Waals surface area contributed by atoms with Crippen LogP contribution in [-0.2, 0) is 18.1 Å². The van der Waals surface area contributed by atoms with Crippen molar-refractivity contribution in [3.05, 3.63) is 90.5 Å². The van der Waals surface area contributed by atoms with Gasteiger partial charge in [-0.3, -0.25) is 14.6 Å². The molecule has 1 aromatic heterocycles. The van der Waals surface area contributed by atoms with Crippen molar-refractivity contribution in [2.24, 2.45) is 0 Å². The third kappa shape index (κ3) is 5.85. The van der Waals surface area contributed by atoms with Crippen LogP contribution in [0.15, 0.2) is 78.9 Å². The zero-order chi connectivity index (χ0) is 24.0. The lowest BCUT2D eigenvalue weighted by atomic mass is 10.3. The quantitative estimate of drug-likeness (QED) is 0.420. The molecule has 180 valence electrons. The van der Waals surface area contributed by atoms with Gasteiger partial charge in [-0.1, -0.05) is 36.4 Å². The van der Waals surface area contributed by atoms with E-state index in [1.54, 1.807) is 12.1 Å². The number of para-hydroxylation sites is 3. The molecule has 4 aromatic rings. The van der Waals surface area contributed by atoms with E-state index in [-0.39, 0.29) is 18.3 Å². The number of fused-ring (bicyclic) bond motifs is 1. The molecule has 35 heavy (non-hydrogen) atoms. The Morgan fingerprint density at radius 1 is 0.914 bits per heavy atom. The average molecular weight is 474 g/mol. The maximum Gasteiger partial charge on any atom is 0.238 e. The van der Waals surface area contributed by atoms with E-state index in [9.17, 15) is 9.18 Å². The molecule has 0 atom stereocenters. The van der Waals surface area contributed by atoms with E-state index in [2.05, 4.69) is 25.8 Å². The molecule has 5 rings (SSSR count). The van der Waals surface area contributed by atoms with Crippen molar-refractivity contribution in [2.45, 2.75) is 13.3 Å². The molecule has 2 heterocycles. The lowest BCUT2D eigenvalue weighted by molar-refractivity contribution is -0.117. The molecule has 0 unspecified atom stereocenters. The first-order valence-electron chi connectivity index (χ1n) is 11.8. The van der Waals surface area contributed by atoms with Crippen LogP contribution in [0.3, 0.4) is 0 Å². The predicted octanol–water partition coefficient (Wildman–Crippen LogP) is 3.97. The summed E-state index contributed by atoms with van der Waals surface area (Å²) in [6.07, 6.45) is 0. The van der Waals surface area contributed by atoms with Crippen LogP contribution in [0.5, 0.6) is 5.75 Å². The van der Waals surface area contributed by atoms with Gasteiger partial charge in [-0.2, -0.15) is 0 Å². The van der Waals surface area contributed by atoms with E-state index in [1.807, 2.05) is 48.5 Å². The van der Waals surface area contributed by atoms with E-state index in [4.69, 9.17) is 9.72 Å². The number of anilines is 1. The summed E-state index contributed by atoms with van der Waals surface area (Å²) in [5.41, 5.74) is 2.51. The highest BCUT2D eigenvalue weighted by Crippen LogP contribution is 2.19. The Morgan fingerprint density at radius 3 is 2.46 bits per heavy atom. The van der Waals surface area contributed by atoms with E-state index in [0.717, 1.165) is 48.8 Å². The number of rotatable bonds is 8. The number of nitrogens with zero attached hydrogens (tertiary/aromatic N) is 4. The Balaban J connectivity index is 1.19. The topological polar surface area (TPSA) is 62.6 Å². The number of amides is 1. The van der Waals surface area contributed by atoms with Crippen LogP contribution >= 0.6 is 0 Å². The Morgan fingerprint density at radius 2 is 1.66 bits per heavy atom. The number of benzene rings is 3. The Bertz CT molecular complexity index is 1290. The molecule has 8 heteroatoms. The van der Waals surface area contributed by atoms with E-state index in [0.29, 0.717) is 19.0 Å². The van der Waals surface area contributed by atoms with Crippen molar-refractivity contribution >= 4 is 22.6 Å². The van der Waals surface area contributed by atoms with Crippen LogP contribution in [0.25, 0.3) is 11.0 Å². The lowest BCUT2D eigenvalue weighted by Gasteiger charge is -2.34. The summed E-state index contributed by atoms with van der Waals surface area (Å²) in [4.78, 5) is 21.7. The van der Waals surface area contributed by atoms with Gasteiger partial charge in [-0.25, -0.2) is 9.37 Å². The molecular weight excluding hydrogens is 445 g/mol. The molecule has 0 saturated carbocycles. The first kappa shape index (κ1) is 23.0. The largest absolute Gasteiger partial charge is 0.486 e. The van der Waals surface area contributed by atoms with Gasteiger partial charge in [0.25, 0.3) is 0 Å². The van der Waals surface area contributed by atoms with Crippen molar-refractivity contribution < 1.29 is 13.9 Å². The number of ether oxygens (including phenoxy) is 1. The predicted molar refractivity (Wildman–Crippen MR) is 134 cm³/mol. The Labute approximate surface area is 203 Å². The van der Waals surface area contributed by atoms with E-state index >= 15 is 0 Å². The summed E-state index contributed by atoms with van der Waals surface area (Å²) in [6, 6.07) is 23.8. The standard InChI is InChI=1S/C27H28FN5O2/c28-21-7-6-8-22(17-21)29-27(34)18-31-13-15-32(16-14-31)20-33-25-12-5-4-11-24(25)30-26(33)19-35-23-9-2-1-3-10-23/h1-12,17H,13-16,18-20H2,(H,29,34). The maximum absolute atomic E-state index is 13.4. The number of carbonyl (C=O) groups excluding carboxylic acids is 1. The minimum absolute atomic E-state index is 0.134. The molecule has 1 aliphatic rings. The molecule has 1 N–H and O–H groups in total. The molecule has 0 bridgehead atoms. The fourth-order valence-corrected chi connectivity index (χ4v) is 4.32. The van der Waals surface area contributed by atoms with Crippen LogP contribution in [0.1, 0.15) is 5.82 Å². The van der Waals surface area contributed by atoms with Gasteiger partial charge in [-0.05, 0) is 42.5 Å². The molecule has 3 aromatic carbocycles. The molecular formula is C27H28FN5O2. The molecule has 0 aliphatic carbocycles. The summed E-state index contributed by atoms with van der Waals surface area (Å²) in [5, 5.41) is 2.77. The fraction of sp³-hybridized carbons (Fsp3) is 0.259. The molecule has 1 fully saturated rings. The van der Waals surface area contributed by atoms with Gasteiger partial charge in [0.15, 0.2) is 0 Å². The molecule has 0 radical (unpaired) electrons. The van der Waals surface area contributed by atoms with Crippen LogP contribution in [0, 0.1) is 5.82 Å². The zero-order valence-electron chi connectivity index (χ0n) is 19.4. The SMILES string of the molecule is O=C(CN1CCN(Cn2c(COc3ccccc3)nc3ccccc32)CC1)Nc1cccc(F)c1. The Kier molecular flexibility index (Phi) is 7.02. The van der Waals surface area contributed by atoms with Gasteiger partial charge in [0.05, 0.1) is 24.2 Å². The summed E-state index contributed by atoms with van der Waals surface area (Å²) in [6.45, 7) is 4.60. The minimum atomic E-state index is -0.364. The van der Waals surface area contributed by atoms with Gasteiger partial charge in [0.2, 0.25) is 5.91 Å². The van der Waals surface area contributed by atoms with E-state index < -0.39 is 0 Å². The highest BCUT2D eigenvalue weighted by atomic mass is 19.1. The average Bonchev–Trinajstić information content (AvgIpc) is 3.22. The Hall–Kier alpha value is -3.75. The minimum Gasteiger partial charge on any atom is -0.486 e. The number of halogens is 1. The second-order valence-corrected chi connectivity index (χ2v) is 8.64. The van der Waals surface area contributed by atoms with Gasteiger partial charge in [0, 0.05) is 31.9 Å². The number of imidazole rings is 1. The smallest absolute Gasteiger partial charge is 0.238 e. The number of nitrogens with one attached hydrogen (secondary N) is 1. The normalized spacial score (nSPS) is 14.8. The number of hydrogen-bond donors (Lipinski definition) is 1. The molecule has 1 amide bonds. The molecule has 7 nitrogen and oxygen atoms in total. The molecule has 1 aliphatic heterocycles. The maximum atomic E-state index is 13.4. The van der Waals surface area contributed by atoms with Crippen LogP contribution in [0.2, 0.25) is 0 Å².